The second kappa shape index (κ2) is 5.45. The minimum atomic E-state index is -0.477. The highest BCUT2D eigenvalue weighted by atomic mass is 32.1. The number of benzene rings is 1. The maximum absolute atomic E-state index is 12.1. The highest BCUT2D eigenvalue weighted by Gasteiger charge is 2.19. The first-order valence-electron chi connectivity index (χ1n) is 6.17. The van der Waals surface area contributed by atoms with Crippen LogP contribution in [0.3, 0.4) is 0 Å². The molecule has 0 spiro atoms. The van der Waals surface area contributed by atoms with E-state index in [9.17, 15) is 4.79 Å². The fraction of sp³-hybridized carbons (Fsp3) is 0.143. The fourth-order valence-corrected chi connectivity index (χ4v) is 2.38. The van der Waals surface area contributed by atoms with Crippen molar-refractivity contribution in [2.24, 2.45) is 0 Å². The molecule has 106 valence electrons. The monoisotopic (exact) mass is 301 g/mol. The first-order valence-corrected chi connectivity index (χ1v) is 7.01. The topological polar surface area (TPSA) is 78.1 Å². The van der Waals surface area contributed by atoms with Gasteiger partial charge in [-0.2, -0.15) is 0 Å². The maximum Gasteiger partial charge on any atom is 0.349 e. The summed E-state index contributed by atoms with van der Waals surface area (Å²) >= 11 is 1.29. The van der Waals surface area contributed by atoms with Gasteiger partial charge in [-0.25, -0.2) is 4.79 Å². The Morgan fingerprint density at radius 3 is 2.57 bits per heavy atom. The second-order valence-corrected chi connectivity index (χ2v) is 5.01. The van der Waals surface area contributed by atoms with Crippen LogP contribution in [0.5, 0.6) is 5.75 Å². The number of hydrogen-bond acceptors (Lipinski definition) is 7. The zero-order chi connectivity index (χ0) is 14.8. The average Bonchev–Trinajstić information content (AvgIpc) is 3.10. The lowest BCUT2D eigenvalue weighted by Crippen LogP contribution is -2.10. The van der Waals surface area contributed by atoms with E-state index in [2.05, 4.69) is 14.7 Å². The van der Waals surface area contributed by atoms with E-state index in [4.69, 9.17) is 9.26 Å². The van der Waals surface area contributed by atoms with Gasteiger partial charge in [-0.15, -0.1) is 5.10 Å². The van der Waals surface area contributed by atoms with Crippen molar-refractivity contribution in [1.82, 2.24) is 14.7 Å². The Hall–Kier alpha value is -2.54. The average molecular weight is 301 g/mol. The van der Waals surface area contributed by atoms with Crippen molar-refractivity contribution in [2.45, 2.75) is 13.8 Å². The van der Waals surface area contributed by atoms with E-state index in [-0.39, 0.29) is 0 Å². The third kappa shape index (κ3) is 2.68. The quantitative estimate of drug-likeness (QED) is 0.546. The predicted octanol–water partition coefficient (Wildman–Crippen LogP) is 3.03. The van der Waals surface area contributed by atoms with Crippen molar-refractivity contribution in [3.63, 3.8) is 0 Å². The van der Waals surface area contributed by atoms with E-state index < -0.39 is 5.97 Å². The third-order valence-corrected chi connectivity index (χ3v) is 3.46. The van der Waals surface area contributed by atoms with Gasteiger partial charge in [0.05, 0.1) is 5.69 Å². The number of aromatic nitrogens is 3. The number of hydrogen-bond donors (Lipinski definition) is 0. The Bertz CT molecular complexity index is 744. The highest BCUT2D eigenvalue weighted by molar-refractivity contribution is 7.03. The van der Waals surface area contributed by atoms with E-state index in [1.54, 1.807) is 26.0 Å². The molecule has 1 aromatic carbocycles. The van der Waals surface area contributed by atoms with Gasteiger partial charge in [-0.1, -0.05) is 9.64 Å². The van der Waals surface area contributed by atoms with E-state index in [1.165, 1.54) is 11.5 Å². The SMILES string of the molecule is Cc1noc(C)c1C(=O)Oc1ccc(-c2csnn2)cc1. The maximum atomic E-state index is 12.1. The summed E-state index contributed by atoms with van der Waals surface area (Å²) in [5.41, 5.74) is 2.59. The molecule has 6 nitrogen and oxygen atoms in total. The molecule has 21 heavy (non-hydrogen) atoms. The number of carbonyl (C=O) groups is 1. The number of aryl methyl sites for hydroxylation is 2. The lowest BCUT2D eigenvalue weighted by Gasteiger charge is -2.04. The third-order valence-electron chi connectivity index (χ3n) is 2.96. The first-order chi connectivity index (χ1) is 10.1. The molecule has 0 bridgehead atoms. The van der Waals surface area contributed by atoms with Crippen molar-refractivity contribution < 1.29 is 14.1 Å². The number of carbonyl (C=O) groups excluding carboxylic acids is 1. The van der Waals surface area contributed by atoms with Crippen molar-refractivity contribution in [1.29, 1.82) is 0 Å². The van der Waals surface area contributed by atoms with Crippen LogP contribution in [0, 0.1) is 13.8 Å². The molecule has 2 heterocycles. The Labute approximate surface area is 124 Å². The van der Waals surface area contributed by atoms with Gasteiger partial charge in [0.25, 0.3) is 0 Å². The zero-order valence-corrected chi connectivity index (χ0v) is 12.2. The molecule has 0 saturated heterocycles. The molecule has 0 N–H and O–H groups in total. The van der Waals surface area contributed by atoms with E-state index in [0.29, 0.717) is 22.8 Å². The largest absolute Gasteiger partial charge is 0.423 e. The molecule has 0 unspecified atom stereocenters. The Morgan fingerprint density at radius 2 is 2.00 bits per heavy atom. The van der Waals surface area contributed by atoms with Crippen molar-refractivity contribution in [2.75, 3.05) is 0 Å². The Morgan fingerprint density at radius 1 is 1.24 bits per heavy atom. The summed E-state index contributed by atoms with van der Waals surface area (Å²) in [5.74, 6) is 0.420. The molecule has 0 aliphatic heterocycles. The molecule has 3 rings (SSSR count). The Kier molecular flexibility index (Phi) is 3.49. The van der Waals surface area contributed by atoms with Crippen molar-refractivity contribution >= 4 is 17.5 Å². The number of ether oxygens (including phenoxy) is 1. The zero-order valence-electron chi connectivity index (χ0n) is 11.4. The summed E-state index contributed by atoms with van der Waals surface area (Å²) in [6.07, 6.45) is 0. The predicted molar refractivity (Wildman–Crippen MR) is 76.3 cm³/mol. The molecule has 0 fully saturated rings. The molecule has 0 amide bonds. The van der Waals surface area contributed by atoms with Crippen LogP contribution in [0.25, 0.3) is 11.3 Å². The summed E-state index contributed by atoms with van der Waals surface area (Å²) in [7, 11) is 0. The van der Waals surface area contributed by atoms with Crippen molar-refractivity contribution in [3.8, 4) is 17.0 Å². The number of rotatable bonds is 3. The molecule has 0 radical (unpaired) electrons. The van der Waals surface area contributed by atoms with Gasteiger partial charge < -0.3 is 9.26 Å². The van der Waals surface area contributed by atoms with Crippen molar-refractivity contribution in [3.05, 3.63) is 46.7 Å². The molecule has 0 aliphatic rings. The lowest BCUT2D eigenvalue weighted by atomic mass is 10.2. The molecule has 7 heteroatoms. The smallest absolute Gasteiger partial charge is 0.349 e. The van der Waals surface area contributed by atoms with Gasteiger partial charge in [0, 0.05) is 10.9 Å². The lowest BCUT2D eigenvalue weighted by molar-refractivity contribution is 0.0732. The molecule has 0 saturated carbocycles. The van der Waals surface area contributed by atoms with Gasteiger partial charge in [0.2, 0.25) is 0 Å². The molecular formula is C14H11N3O3S. The fourth-order valence-electron chi connectivity index (χ4n) is 1.92. The minimum Gasteiger partial charge on any atom is -0.423 e. The van der Waals surface area contributed by atoms with Crippen LogP contribution in [0.15, 0.2) is 34.2 Å². The van der Waals surface area contributed by atoms with Crippen LogP contribution in [0.2, 0.25) is 0 Å². The van der Waals surface area contributed by atoms with Gasteiger partial charge in [-0.05, 0) is 49.6 Å². The van der Waals surface area contributed by atoms with Gasteiger partial charge in [-0.3, -0.25) is 0 Å². The standard InChI is InChI=1S/C14H11N3O3S/c1-8-13(9(2)20-16-8)14(18)19-11-5-3-10(4-6-11)12-7-21-17-15-12/h3-7H,1-2H3. The molecule has 0 aliphatic carbocycles. The summed E-state index contributed by atoms with van der Waals surface area (Å²) in [6.45, 7) is 3.38. The van der Waals surface area contributed by atoms with Crippen LogP contribution < -0.4 is 4.74 Å². The first kappa shape index (κ1) is 13.4. The van der Waals surface area contributed by atoms with Crippen LogP contribution >= 0.6 is 11.5 Å². The Balaban J connectivity index is 1.78. The van der Waals surface area contributed by atoms with Gasteiger partial charge >= 0.3 is 5.97 Å². The van der Waals surface area contributed by atoms with Gasteiger partial charge in [0.1, 0.15) is 22.8 Å². The van der Waals surface area contributed by atoms with Crippen LogP contribution in [-0.2, 0) is 0 Å². The summed E-state index contributed by atoms with van der Waals surface area (Å²) in [5, 5.41) is 9.57. The van der Waals surface area contributed by atoms with E-state index >= 15 is 0 Å². The minimum absolute atomic E-state index is 0.364. The van der Waals surface area contributed by atoms with E-state index in [0.717, 1.165) is 11.3 Å². The molecule has 0 atom stereocenters. The van der Waals surface area contributed by atoms with Gasteiger partial charge in [0.15, 0.2) is 0 Å². The summed E-state index contributed by atoms with van der Waals surface area (Å²) < 4.78 is 14.1. The summed E-state index contributed by atoms with van der Waals surface area (Å²) in [4.78, 5) is 12.1. The highest BCUT2D eigenvalue weighted by Crippen LogP contribution is 2.22. The van der Waals surface area contributed by atoms with Crippen LogP contribution in [0.4, 0.5) is 0 Å². The van der Waals surface area contributed by atoms with E-state index in [1.807, 2.05) is 17.5 Å². The number of esters is 1. The molecule has 2 aromatic heterocycles. The molecule has 3 aromatic rings. The second-order valence-electron chi connectivity index (χ2n) is 4.40. The molecular weight excluding hydrogens is 290 g/mol. The van der Waals surface area contributed by atoms with Crippen LogP contribution in [-0.4, -0.2) is 20.7 Å². The van der Waals surface area contributed by atoms with Crippen LogP contribution in [0.1, 0.15) is 21.8 Å². The number of nitrogens with zero attached hydrogens (tertiary/aromatic N) is 3. The normalized spacial score (nSPS) is 10.6. The summed E-state index contributed by atoms with van der Waals surface area (Å²) in [6, 6.07) is 7.08.